The highest BCUT2D eigenvalue weighted by molar-refractivity contribution is 8.14. The fourth-order valence-electron chi connectivity index (χ4n) is 1.54. The van der Waals surface area contributed by atoms with Gasteiger partial charge in [0.25, 0.3) is 6.26 Å². The number of H-pyrrole nitrogens is 1. The molecule has 0 amide bonds. The van der Waals surface area contributed by atoms with Gasteiger partial charge in [-0.3, -0.25) is 0 Å². The predicted molar refractivity (Wildman–Crippen MR) is 122 cm³/mol. The number of aromatic amines is 1. The number of nitrogens with zero attached hydrogens (tertiary/aromatic N) is 2. The van der Waals surface area contributed by atoms with Gasteiger partial charge in [0.05, 0.1) is 32.8 Å². The molecule has 0 spiro atoms. The molecule has 0 aliphatic heterocycles. The van der Waals surface area contributed by atoms with Crippen LogP contribution in [-0.2, 0) is 57.2 Å². The molecule has 0 aliphatic carbocycles. The Hall–Kier alpha value is -0.970. The molecule has 0 fully saturated rings. The van der Waals surface area contributed by atoms with E-state index in [9.17, 15) is 0 Å². The second kappa shape index (κ2) is 19.7. The second-order valence-electron chi connectivity index (χ2n) is 4.72. The van der Waals surface area contributed by atoms with Crippen molar-refractivity contribution in [1.29, 1.82) is 5.26 Å². The van der Waals surface area contributed by atoms with Gasteiger partial charge >= 0.3 is 19.6 Å². The Morgan fingerprint density at radius 3 is 1.81 bits per heavy atom. The lowest BCUT2D eigenvalue weighted by atomic mass is 10.3. The molecule has 16 heteroatoms. The summed E-state index contributed by atoms with van der Waals surface area (Å²) in [6, 6.07) is 0. The summed E-state index contributed by atoms with van der Waals surface area (Å²) < 4.78 is 30.2. The fourth-order valence-corrected chi connectivity index (χ4v) is 7.91. The number of carboxylic acid groups (broad SMARTS) is 1. The Morgan fingerprint density at radius 1 is 1.13 bits per heavy atom. The van der Waals surface area contributed by atoms with Crippen LogP contribution in [0.2, 0.25) is 0 Å². The van der Waals surface area contributed by atoms with E-state index in [1.165, 1.54) is 0 Å². The smallest absolute Gasteiger partial charge is 0.449 e. The van der Waals surface area contributed by atoms with Crippen molar-refractivity contribution in [2.75, 3.05) is 33.0 Å². The van der Waals surface area contributed by atoms with Gasteiger partial charge in [0.2, 0.25) is 0 Å². The van der Waals surface area contributed by atoms with E-state index >= 15 is 0 Å². The normalized spacial score (nSPS) is 10.7. The summed E-state index contributed by atoms with van der Waals surface area (Å²) in [5.41, 5.74) is 6.38. The number of carbonyl (C=O) groups is 1. The van der Waals surface area contributed by atoms with Crippen molar-refractivity contribution in [3.05, 3.63) is 18.2 Å². The van der Waals surface area contributed by atoms with Crippen molar-refractivity contribution in [3.63, 3.8) is 0 Å². The number of nitrogens with two attached hydrogens (primary N) is 1. The second-order valence-corrected chi connectivity index (χ2v) is 10.9. The molecular weight excluding hydrogens is 490 g/mol. The van der Waals surface area contributed by atoms with Gasteiger partial charge in [-0.05, 0) is 57.9 Å². The highest BCUT2D eigenvalue weighted by atomic mass is 32.5. The van der Waals surface area contributed by atoms with E-state index in [0.29, 0.717) is 33.0 Å². The lowest BCUT2D eigenvalue weighted by Crippen LogP contribution is -2.03. The van der Waals surface area contributed by atoms with E-state index in [-0.39, 0.29) is 0 Å². The zero-order chi connectivity index (χ0) is 24.2. The third kappa shape index (κ3) is 18.3. The Kier molecular flexibility index (Phi) is 20.5. The Morgan fingerprint density at radius 2 is 1.58 bits per heavy atom. The average molecular weight is 521 g/mol. The number of rotatable bonds is 12. The maximum Gasteiger partial charge on any atom is 0.521 e. The minimum Gasteiger partial charge on any atom is -0.449 e. The van der Waals surface area contributed by atoms with Crippen molar-refractivity contribution >= 4 is 43.2 Å². The van der Waals surface area contributed by atoms with E-state index in [2.05, 4.69) is 14.7 Å². The molecule has 0 aromatic carbocycles. The zero-order valence-corrected chi connectivity index (χ0v) is 21.3. The van der Waals surface area contributed by atoms with Crippen LogP contribution < -0.4 is 5.73 Å². The van der Waals surface area contributed by atoms with Crippen LogP contribution in [0.5, 0.6) is 0 Å². The molecule has 0 atom stereocenters. The standard InChI is InChI=1S/C8H20O5P2S2.C5H9N3.C2HNO3/c1-5-9-14(16,10-6-2)13-15(17,11-7-3)12-8-4;6-2-1-5-3-7-4-8-5;3-1-6-2(4)5/h5-8H2,1-4H3;3-4H,1-2,6H2,(H,7,8);(H,4,5). The number of hydrogen-bond acceptors (Lipinski definition) is 12. The summed E-state index contributed by atoms with van der Waals surface area (Å²) in [6.07, 6.45) is 3.73. The molecule has 0 bridgehead atoms. The highest BCUT2D eigenvalue weighted by Gasteiger charge is 2.31. The molecule has 4 N–H and O–H groups in total. The maximum atomic E-state index is 9.15. The minimum absolute atomic E-state index is 0.394. The molecule has 180 valence electrons. The summed E-state index contributed by atoms with van der Waals surface area (Å²) in [7, 11) is 0. The molecule has 0 radical (unpaired) electrons. The van der Waals surface area contributed by atoms with Crippen molar-refractivity contribution in [2.45, 2.75) is 34.1 Å². The summed E-state index contributed by atoms with van der Waals surface area (Å²) in [6.45, 7) is 3.77. The SMILES string of the molecule is CCOP(=S)(OCC)OP(=S)(OCC)OCC.N#COC(=O)O.NCCc1cnc[nH]1. The number of ether oxygens (including phenoxy) is 1. The first-order chi connectivity index (χ1) is 14.7. The monoisotopic (exact) mass is 520 g/mol. The number of nitrogens with one attached hydrogen (secondary N) is 1. The zero-order valence-electron chi connectivity index (χ0n) is 17.9. The first-order valence-corrected chi connectivity index (χ1v) is 14.2. The summed E-state index contributed by atoms with van der Waals surface area (Å²) in [5, 5.41) is 14.9. The first-order valence-electron chi connectivity index (χ1n) is 9.11. The maximum absolute atomic E-state index is 9.15. The van der Waals surface area contributed by atoms with Gasteiger partial charge in [-0.15, -0.1) is 5.26 Å². The molecule has 31 heavy (non-hydrogen) atoms. The van der Waals surface area contributed by atoms with Crippen LogP contribution in [0.15, 0.2) is 12.5 Å². The Balaban J connectivity index is 0. The third-order valence-corrected chi connectivity index (χ3v) is 8.81. The van der Waals surface area contributed by atoms with E-state index < -0.39 is 19.6 Å². The van der Waals surface area contributed by atoms with E-state index in [1.807, 2.05) is 27.7 Å². The van der Waals surface area contributed by atoms with Gasteiger partial charge in [0, 0.05) is 18.3 Å². The Bertz CT molecular complexity index is 670. The topological polar surface area (TPSA) is 171 Å². The van der Waals surface area contributed by atoms with Crippen LogP contribution in [0.1, 0.15) is 33.4 Å². The molecule has 0 unspecified atom stereocenters. The largest absolute Gasteiger partial charge is 0.521 e. The van der Waals surface area contributed by atoms with Gasteiger partial charge < -0.3 is 38.7 Å². The lowest BCUT2D eigenvalue weighted by molar-refractivity contribution is 0.133. The summed E-state index contributed by atoms with van der Waals surface area (Å²) in [5.74, 6) is 0. The van der Waals surface area contributed by atoms with Gasteiger partial charge in [-0.25, -0.2) is 14.1 Å². The highest BCUT2D eigenvalue weighted by Crippen LogP contribution is 2.66. The van der Waals surface area contributed by atoms with Gasteiger partial charge in [-0.1, -0.05) is 0 Å². The first kappa shape index (κ1) is 32.2. The van der Waals surface area contributed by atoms with Gasteiger partial charge in [0.15, 0.2) is 0 Å². The fraction of sp³-hybridized carbons (Fsp3) is 0.667. The average Bonchev–Trinajstić information content (AvgIpc) is 3.16. The minimum atomic E-state index is -2.87. The van der Waals surface area contributed by atoms with Crippen molar-refractivity contribution in [3.8, 4) is 6.26 Å². The number of aromatic nitrogens is 2. The lowest BCUT2D eigenvalue weighted by Gasteiger charge is -2.27. The molecule has 0 saturated carbocycles. The third-order valence-electron chi connectivity index (χ3n) is 2.45. The number of imidazole rings is 1. The van der Waals surface area contributed by atoms with E-state index in [1.54, 1.807) is 12.5 Å². The number of nitriles is 1. The summed E-state index contributed by atoms with van der Waals surface area (Å²) >= 11 is 10.4. The molecule has 1 heterocycles. The van der Waals surface area contributed by atoms with Gasteiger partial charge in [0.1, 0.15) is 0 Å². The van der Waals surface area contributed by atoms with Crippen LogP contribution in [0.4, 0.5) is 4.79 Å². The quantitative estimate of drug-likeness (QED) is 0.207. The van der Waals surface area contributed by atoms with E-state index in [4.69, 9.17) is 66.9 Å². The van der Waals surface area contributed by atoms with Crippen LogP contribution in [0.25, 0.3) is 0 Å². The summed E-state index contributed by atoms with van der Waals surface area (Å²) in [4.78, 5) is 15.9. The molecule has 1 aromatic rings. The molecule has 1 rings (SSSR count). The molecular formula is C15H30N4O8P2S2. The molecule has 0 saturated heterocycles. The molecule has 12 nitrogen and oxygen atoms in total. The van der Waals surface area contributed by atoms with Crippen molar-refractivity contribution < 1.29 is 37.0 Å². The molecule has 0 aliphatic rings. The predicted octanol–water partition coefficient (Wildman–Crippen LogP) is 3.67. The van der Waals surface area contributed by atoms with Crippen LogP contribution in [0, 0.1) is 11.5 Å². The van der Waals surface area contributed by atoms with Crippen LogP contribution in [0.3, 0.4) is 0 Å². The Labute approximate surface area is 192 Å². The molecule has 1 aromatic heterocycles. The van der Waals surface area contributed by atoms with Crippen molar-refractivity contribution in [1.82, 2.24) is 9.97 Å². The number of hydrogen-bond donors (Lipinski definition) is 3. The van der Waals surface area contributed by atoms with Crippen molar-refractivity contribution in [2.24, 2.45) is 5.73 Å². The van der Waals surface area contributed by atoms with Crippen LogP contribution in [-0.4, -0.2) is 54.2 Å². The van der Waals surface area contributed by atoms with E-state index in [0.717, 1.165) is 18.4 Å². The van der Waals surface area contributed by atoms with Crippen LogP contribution >= 0.6 is 13.4 Å². The van der Waals surface area contributed by atoms with Gasteiger partial charge in [-0.2, -0.15) is 0 Å².